The Balaban J connectivity index is 2.25. The van der Waals surface area contributed by atoms with Gasteiger partial charge in [0.25, 0.3) is 0 Å². The first-order valence-corrected chi connectivity index (χ1v) is 6.50. The highest BCUT2D eigenvalue weighted by Crippen LogP contribution is 2.26. The summed E-state index contributed by atoms with van der Waals surface area (Å²) < 4.78 is 15.3. The average Bonchev–Trinajstić information content (AvgIpc) is 2.80. The molecule has 0 fully saturated rings. The van der Waals surface area contributed by atoms with Crippen LogP contribution in [0, 0.1) is 12.7 Å². The molecule has 4 nitrogen and oxygen atoms in total. The maximum absolute atomic E-state index is 13.8. The van der Waals surface area contributed by atoms with Crippen molar-refractivity contribution in [3.63, 3.8) is 0 Å². The number of benzene rings is 2. The Morgan fingerprint density at radius 1 is 1.29 bits per heavy atom. The fourth-order valence-electron chi connectivity index (χ4n) is 2.32. The predicted octanol–water partition coefficient (Wildman–Crippen LogP) is 3.24. The largest absolute Gasteiger partial charge is 0.480 e. The third-order valence-electron chi connectivity index (χ3n) is 3.38. The molecule has 0 atom stereocenters. The number of nitrogens with zero attached hydrogens (tertiary/aromatic N) is 2. The van der Waals surface area contributed by atoms with Gasteiger partial charge in [0.2, 0.25) is 0 Å². The lowest BCUT2D eigenvalue weighted by Crippen LogP contribution is -2.10. The Labute approximate surface area is 120 Å². The average molecular weight is 284 g/mol. The van der Waals surface area contributed by atoms with E-state index in [9.17, 15) is 9.18 Å². The highest BCUT2D eigenvalue weighted by atomic mass is 19.1. The smallest absolute Gasteiger partial charge is 0.323 e. The number of imidazole rings is 1. The van der Waals surface area contributed by atoms with Crippen LogP contribution in [0.3, 0.4) is 0 Å². The molecule has 21 heavy (non-hydrogen) atoms. The van der Waals surface area contributed by atoms with Gasteiger partial charge in [-0.1, -0.05) is 24.3 Å². The van der Waals surface area contributed by atoms with Gasteiger partial charge in [-0.15, -0.1) is 0 Å². The number of hydrogen-bond acceptors (Lipinski definition) is 2. The van der Waals surface area contributed by atoms with Crippen LogP contribution in [-0.4, -0.2) is 20.6 Å². The Morgan fingerprint density at radius 3 is 2.76 bits per heavy atom. The van der Waals surface area contributed by atoms with E-state index >= 15 is 0 Å². The third kappa shape index (κ3) is 2.38. The summed E-state index contributed by atoms with van der Waals surface area (Å²) >= 11 is 0. The summed E-state index contributed by atoms with van der Waals surface area (Å²) in [6.45, 7) is 1.46. The molecule has 106 valence electrons. The van der Waals surface area contributed by atoms with Crippen molar-refractivity contribution in [3.8, 4) is 11.4 Å². The van der Waals surface area contributed by atoms with Gasteiger partial charge in [0.05, 0.1) is 11.0 Å². The topological polar surface area (TPSA) is 55.1 Å². The number of rotatable bonds is 3. The molecule has 0 saturated heterocycles. The molecular weight excluding hydrogens is 271 g/mol. The van der Waals surface area contributed by atoms with Crippen molar-refractivity contribution in [1.29, 1.82) is 0 Å². The molecule has 1 N–H and O–H groups in total. The van der Waals surface area contributed by atoms with E-state index in [4.69, 9.17) is 5.11 Å². The molecule has 0 spiro atoms. The third-order valence-corrected chi connectivity index (χ3v) is 3.38. The molecule has 0 bridgehead atoms. The minimum atomic E-state index is -0.966. The number of carboxylic acids is 1. The Morgan fingerprint density at radius 2 is 2.05 bits per heavy atom. The minimum Gasteiger partial charge on any atom is -0.480 e. The highest BCUT2D eigenvalue weighted by molar-refractivity contribution is 5.82. The molecule has 5 heteroatoms. The first-order valence-electron chi connectivity index (χ1n) is 6.50. The summed E-state index contributed by atoms with van der Waals surface area (Å²) in [7, 11) is 0. The summed E-state index contributed by atoms with van der Waals surface area (Å²) in [5.74, 6) is -0.842. The second-order valence-electron chi connectivity index (χ2n) is 4.87. The lowest BCUT2D eigenvalue weighted by atomic mass is 10.1. The maximum Gasteiger partial charge on any atom is 0.323 e. The van der Waals surface area contributed by atoms with E-state index in [-0.39, 0.29) is 12.4 Å². The van der Waals surface area contributed by atoms with Crippen LogP contribution < -0.4 is 0 Å². The van der Waals surface area contributed by atoms with Crippen molar-refractivity contribution in [3.05, 3.63) is 53.8 Å². The number of halogens is 1. The zero-order valence-corrected chi connectivity index (χ0v) is 11.4. The Kier molecular flexibility index (Phi) is 3.17. The number of aryl methyl sites for hydroxylation is 1. The molecule has 3 rings (SSSR count). The monoisotopic (exact) mass is 284 g/mol. The maximum atomic E-state index is 13.8. The molecule has 0 aliphatic heterocycles. The fraction of sp³-hybridized carbons (Fsp3) is 0.125. The molecule has 3 aromatic rings. The summed E-state index contributed by atoms with van der Waals surface area (Å²) in [5, 5.41) is 9.09. The van der Waals surface area contributed by atoms with Gasteiger partial charge in [0.1, 0.15) is 18.2 Å². The van der Waals surface area contributed by atoms with Gasteiger partial charge in [0.15, 0.2) is 0 Å². The SMILES string of the molecule is Cc1ccc(-c2nc3ccccc3n2CC(=O)O)cc1F. The van der Waals surface area contributed by atoms with Gasteiger partial charge in [0, 0.05) is 5.56 Å². The molecule has 2 aromatic carbocycles. The highest BCUT2D eigenvalue weighted by Gasteiger charge is 2.15. The summed E-state index contributed by atoms with van der Waals surface area (Å²) in [6, 6.07) is 12.1. The number of hydrogen-bond donors (Lipinski definition) is 1. The van der Waals surface area contributed by atoms with E-state index in [0.29, 0.717) is 22.5 Å². The summed E-state index contributed by atoms with van der Waals surface area (Å²) in [6.07, 6.45) is 0. The molecule has 0 aliphatic rings. The number of carboxylic acid groups (broad SMARTS) is 1. The molecule has 0 saturated carbocycles. The molecule has 0 amide bonds. The van der Waals surface area contributed by atoms with Crippen molar-refractivity contribution in [2.24, 2.45) is 0 Å². The van der Waals surface area contributed by atoms with Crippen LogP contribution in [0.2, 0.25) is 0 Å². The van der Waals surface area contributed by atoms with Crippen LogP contribution in [0.15, 0.2) is 42.5 Å². The fourth-order valence-corrected chi connectivity index (χ4v) is 2.32. The van der Waals surface area contributed by atoms with Gasteiger partial charge < -0.3 is 9.67 Å². The summed E-state index contributed by atoms with van der Waals surface area (Å²) in [5.41, 5.74) is 2.51. The van der Waals surface area contributed by atoms with Crippen LogP contribution in [0.4, 0.5) is 4.39 Å². The quantitative estimate of drug-likeness (QED) is 0.803. The zero-order chi connectivity index (χ0) is 15.0. The van der Waals surface area contributed by atoms with Crippen LogP contribution in [0.1, 0.15) is 5.56 Å². The standard InChI is InChI=1S/C16H13FN2O2/c1-10-6-7-11(8-12(10)17)16-18-13-4-2-3-5-14(13)19(16)9-15(20)21/h2-8H,9H2,1H3,(H,20,21). The Hall–Kier alpha value is -2.69. The molecule has 0 aliphatic carbocycles. The second kappa shape index (κ2) is 5.01. The lowest BCUT2D eigenvalue weighted by molar-refractivity contribution is -0.137. The molecular formula is C16H13FN2O2. The Bertz CT molecular complexity index is 839. The molecule has 1 aromatic heterocycles. The van der Waals surface area contributed by atoms with E-state index < -0.39 is 5.97 Å². The van der Waals surface area contributed by atoms with Crippen LogP contribution in [-0.2, 0) is 11.3 Å². The number of para-hydroxylation sites is 2. The number of aliphatic carboxylic acids is 1. The first kappa shape index (κ1) is 13.3. The van der Waals surface area contributed by atoms with E-state index in [0.717, 1.165) is 5.52 Å². The van der Waals surface area contributed by atoms with E-state index in [1.54, 1.807) is 29.7 Å². The van der Waals surface area contributed by atoms with Crippen molar-refractivity contribution in [1.82, 2.24) is 9.55 Å². The lowest BCUT2D eigenvalue weighted by Gasteiger charge is -2.07. The molecule has 1 heterocycles. The van der Waals surface area contributed by atoms with E-state index in [1.165, 1.54) is 6.07 Å². The van der Waals surface area contributed by atoms with Crippen molar-refractivity contribution < 1.29 is 14.3 Å². The number of aromatic nitrogens is 2. The minimum absolute atomic E-state index is 0.217. The van der Waals surface area contributed by atoms with E-state index in [2.05, 4.69) is 4.98 Å². The van der Waals surface area contributed by atoms with Gasteiger partial charge in [-0.3, -0.25) is 4.79 Å². The second-order valence-corrected chi connectivity index (χ2v) is 4.87. The van der Waals surface area contributed by atoms with Gasteiger partial charge >= 0.3 is 5.97 Å². The first-order chi connectivity index (χ1) is 10.1. The summed E-state index contributed by atoms with van der Waals surface area (Å²) in [4.78, 5) is 15.5. The van der Waals surface area contributed by atoms with Crippen LogP contribution >= 0.6 is 0 Å². The van der Waals surface area contributed by atoms with Gasteiger partial charge in [-0.05, 0) is 30.7 Å². The number of carbonyl (C=O) groups is 1. The van der Waals surface area contributed by atoms with Gasteiger partial charge in [-0.25, -0.2) is 9.37 Å². The van der Waals surface area contributed by atoms with Gasteiger partial charge in [-0.2, -0.15) is 0 Å². The number of fused-ring (bicyclic) bond motifs is 1. The zero-order valence-electron chi connectivity index (χ0n) is 11.4. The predicted molar refractivity (Wildman–Crippen MR) is 77.5 cm³/mol. The van der Waals surface area contributed by atoms with Crippen molar-refractivity contribution in [2.75, 3.05) is 0 Å². The van der Waals surface area contributed by atoms with Crippen LogP contribution in [0.5, 0.6) is 0 Å². The van der Waals surface area contributed by atoms with E-state index in [1.807, 2.05) is 18.2 Å². The van der Waals surface area contributed by atoms with Crippen molar-refractivity contribution in [2.45, 2.75) is 13.5 Å². The van der Waals surface area contributed by atoms with Crippen LogP contribution in [0.25, 0.3) is 22.4 Å². The normalized spacial score (nSPS) is 11.0. The molecule has 0 radical (unpaired) electrons. The van der Waals surface area contributed by atoms with Crippen molar-refractivity contribution >= 4 is 17.0 Å². The molecule has 0 unspecified atom stereocenters.